The summed E-state index contributed by atoms with van der Waals surface area (Å²) < 4.78 is 0. The zero-order chi connectivity index (χ0) is 14.2. The smallest absolute Gasteiger partial charge is 0.326 e. The average molecular weight is 270 g/mol. The molecule has 2 aliphatic heterocycles. The van der Waals surface area contributed by atoms with Crippen molar-refractivity contribution >= 4 is 12.0 Å². The zero-order valence-electron chi connectivity index (χ0n) is 11.5. The maximum Gasteiger partial charge on any atom is 0.326 e. The Morgan fingerprint density at radius 1 is 1.16 bits per heavy atom. The number of carboxylic acid groups (broad SMARTS) is 1. The van der Waals surface area contributed by atoms with Crippen LogP contribution in [0.4, 0.5) is 4.79 Å². The number of carbonyl (C=O) groups is 2. The fourth-order valence-electron chi connectivity index (χ4n) is 3.21. The molecule has 2 heterocycles. The highest BCUT2D eigenvalue weighted by molar-refractivity contribution is 5.84. The van der Waals surface area contributed by atoms with E-state index in [1.807, 2.05) is 13.8 Å². The molecule has 0 aromatic carbocycles. The van der Waals surface area contributed by atoms with E-state index in [4.69, 9.17) is 5.11 Å². The molecule has 0 radical (unpaired) electrons. The van der Waals surface area contributed by atoms with Gasteiger partial charge in [-0.3, -0.25) is 0 Å². The van der Waals surface area contributed by atoms with Gasteiger partial charge in [0.15, 0.2) is 0 Å². The van der Waals surface area contributed by atoms with Gasteiger partial charge in [0.25, 0.3) is 0 Å². The van der Waals surface area contributed by atoms with Gasteiger partial charge in [-0.25, -0.2) is 9.59 Å². The highest BCUT2D eigenvalue weighted by atomic mass is 16.4. The summed E-state index contributed by atoms with van der Waals surface area (Å²) in [6.45, 7) is 4.11. The molecule has 6 nitrogen and oxygen atoms in total. The minimum atomic E-state index is -1.04. The van der Waals surface area contributed by atoms with Crippen LogP contribution in [0, 0.1) is 0 Å². The van der Waals surface area contributed by atoms with E-state index in [9.17, 15) is 14.7 Å². The Morgan fingerprint density at radius 2 is 1.74 bits per heavy atom. The molecule has 2 unspecified atom stereocenters. The molecular formula is C13H22N2O4. The number of amides is 2. The van der Waals surface area contributed by atoms with Crippen LogP contribution in [0.3, 0.4) is 0 Å². The Labute approximate surface area is 113 Å². The van der Waals surface area contributed by atoms with E-state index in [0.29, 0.717) is 0 Å². The lowest BCUT2D eigenvalue weighted by molar-refractivity contribution is -0.141. The number of urea groups is 1. The van der Waals surface area contributed by atoms with Gasteiger partial charge in [0.1, 0.15) is 6.04 Å². The van der Waals surface area contributed by atoms with Crippen LogP contribution in [0.2, 0.25) is 0 Å². The second-order valence-electron chi connectivity index (χ2n) is 5.71. The Balaban J connectivity index is 2.15. The van der Waals surface area contributed by atoms with E-state index in [0.717, 1.165) is 19.3 Å². The lowest BCUT2D eigenvalue weighted by Crippen LogP contribution is -2.55. The van der Waals surface area contributed by atoms with E-state index >= 15 is 0 Å². The summed E-state index contributed by atoms with van der Waals surface area (Å²) >= 11 is 0. The number of aliphatic hydroxyl groups is 1. The van der Waals surface area contributed by atoms with Crippen LogP contribution in [-0.4, -0.2) is 62.8 Å². The molecule has 0 aromatic heterocycles. The molecule has 2 fully saturated rings. The van der Waals surface area contributed by atoms with E-state index in [-0.39, 0.29) is 31.1 Å². The standard InChI is InChI=1S/C13H22N2O4/c1-8-4-3-5-9(2)15(8)13(19)14-7-10(16)6-11(14)12(17)18/h8-11,16H,3-7H2,1-2H3,(H,17,18)/t8?,9?,10-,11-/m1/s1. The van der Waals surface area contributed by atoms with E-state index < -0.39 is 18.1 Å². The van der Waals surface area contributed by atoms with Crippen molar-refractivity contribution in [3.8, 4) is 0 Å². The minimum absolute atomic E-state index is 0.117. The highest BCUT2D eigenvalue weighted by Crippen LogP contribution is 2.27. The molecular weight excluding hydrogens is 248 g/mol. The summed E-state index contributed by atoms with van der Waals surface area (Å²) in [5.74, 6) is -1.04. The van der Waals surface area contributed by atoms with Crippen LogP contribution in [0.15, 0.2) is 0 Å². The van der Waals surface area contributed by atoms with Crippen molar-refractivity contribution in [2.75, 3.05) is 6.54 Å². The molecule has 108 valence electrons. The van der Waals surface area contributed by atoms with Crippen LogP contribution in [0.1, 0.15) is 39.5 Å². The molecule has 6 heteroatoms. The number of carbonyl (C=O) groups excluding carboxylic acids is 1. The number of rotatable bonds is 1. The van der Waals surface area contributed by atoms with Crippen LogP contribution in [-0.2, 0) is 4.79 Å². The number of likely N-dealkylation sites (tertiary alicyclic amines) is 2. The Bertz CT molecular complexity index is 364. The molecule has 0 aromatic rings. The van der Waals surface area contributed by atoms with Gasteiger partial charge in [-0.2, -0.15) is 0 Å². The third kappa shape index (κ3) is 2.68. The minimum Gasteiger partial charge on any atom is -0.480 e. The first-order valence-electron chi connectivity index (χ1n) is 6.91. The van der Waals surface area contributed by atoms with Crippen molar-refractivity contribution < 1.29 is 19.8 Å². The molecule has 0 saturated carbocycles. The van der Waals surface area contributed by atoms with Gasteiger partial charge in [0.2, 0.25) is 0 Å². The molecule has 2 amide bonds. The number of β-amino-alcohol motifs (C(OH)–C–C–N with tert-alkyl or cyclic N) is 1. The average Bonchev–Trinajstić information content (AvgIpc) is 2.71. The van der Waals surface area contributed by atoms with E-state index in [2.05, 4.69) is 0 Å². The van der Waals surface area contributed by atoms with Gasteiger partial charge in [0.05, 0.1) is 6.10 Å². The summed E-state index contributed by atoms with van der Waals surface area (Å²) in [4.78, 5) is 26.8. The highest BCUT2D eigenvalue weighted by Gasteiger charge is 2.42. The summed E-state index contributed by atoms with van der Waals surface area (Å²) in [6, 6.07) is -0.889. The second-order valence-corrected chi connectivity index (χ2v) is 5.71. The largest absolute Gasteiger partial charge is 0.480 e. The molecule has 2 saturated heterocycles. The zero-order valence-corrected chi connectivity index (χ0v) is 11.5. The van der Waals surface area contributed by atoms with E-state index in [1.54, 1.807) is 4.90 Å². The third-order valence-corrected chi connectivity index (χ3v) is 4.22. The predicted molar refractivity (Wildman–Crippen MR) is 68.8 cm³/mol. The number of aliphatic hydroxyl groups excluding tert-OH is 1. The molecule has 0 bridgehead atoms. The molecule has 2 aliphatic rings. The first-order valence-corrected chi connectivity index (χ1v) is 6.91. The topological polar surface area (TPSA) is 81.1 Å². The van der Waals surface area contributed by atoms with Crippen LogP contribution < -0.4 is 0 Å². The summed E-state index contributed by atoms with van der Waals surface area (Å²) in [7, 11) is 0. The fraction of sp³-hybridized carbons (Fsp3) is 0.846. The number of carboxylic acids is 1. The first kappa shape index (κ1) is 14.1. The van der Waals surface area contributed by atoms with Crippen molar-refractivity contribution in [3.63, 3.8) is 0 Å². The normalized spacial score (nSPS) is 35.5. The number of hydrogen-bond acceptors (Lipinski definition) is 3. The van der Waals surface area contributed by atoms with Crippen LogP contribution in [0.25, 0.3) is 0 Å². The van der Waals surface area contributed by atoms with Gasteiger partial charge < -0.3 is 20.0 Å². The summed E-state index contributed by atoms with van der Waals surface area (Å²) in [5, 5.41) is 18.8. The van der Waals surface area contributed by atoms with Gasteiger partial charge in [-0.15, -0.1) is 0 Å². The quantitative estimate of drug-likeness (QED) is 0.741. The number of aliphatic carboxylic acids is 1. The van der Waals surface area contributed by atoms with Crippen molar-refractivity contribution in [1.82, 2.24) is 9.80 Å². The van der Waals surface area contributed by atoms with Crippen molar-refractivity contribution in [2.24, 2.45) is 0 Å². The Kier molecular flexibility index (Phi) is 3.99. The van der Waals surface area contributed by atoms with Crippen LogP contribution >= 0.6 is 0 Å². The lowest BCUT2D eigenvalue weighted by atomic mass is 9.98. The van der Waals surface area contributed by atoms with Crippen molar-refractivity contribution in [3.05, 3.63) is 0 Å². The van der Waals surface area contributed by atoms with E-state index in [1.165, 1.54) is 4.90 Å². The molecule has 2 rings (SSSR count). The Hall–Kier alpha value is -1.30. The molecule has 0 aliphatic carbocycles. The fourth-order valence-corrected chi connectivity index (χ4v) is 3.21. The molecule has 19 heavy (non-hydrogen) atoms. The number of piperidine rings is 1. The number of hydrogen-bond donors (Lipinski definition) is 2. The van der Waals surface area contributed by atoms with Crippen molar-refractivity contribution in [1.29, 1.82) is 0 Å². The monoisotopic (exact) mass is 270 g/mol. The third-order valence-electron chi connectivity index (χ3n) is 4.22. The maximum absolute atomic E-state index is 12.6. The van der Waals surface area contributed by atoms with Crippen LogP contribution in [0.5, 0.6) is 0 Å². The Morgan fingerprint density at radius 3 is 2.26 bits per heavy atom. The van der Waals surface area contributed by atoms with Gasteiger partial charge in [0, 0.05) is 25.0 Å². The SMILES string of the molecule is CC1CCCC(C)N1C(=O)N1C[C@H](O)C[C@@H]1C(=O)O. The maximum atomic E-state index is 12.6. The molecule has 2 N–H and O–H groups in total. The molecule has 4 atom stereocenters. The van der Waals surface area contributed by atoms with Gasteiger partial charge in [-0.05, 0) is 33.1 Å². The van der Waals surface area contributed by atoms with Crippen molar-refractivity contribution in [2.45, 2.75) is 63.8 Å². The number of nitrogens with zero attached hydrogens (tertiary/aromatic N) is 2. The first-order chi connectivity index (χ1) is 8.91. The van der Waals surface area contributed by atoms with Gasteiger partial charge in [-0.1, -0.05) is 0 Å². The summed E-state index contributed by atoms with van der Waals surface area (Å²) in [6.07, 6.45) is 2.38. The van der Waals surface area contributed by atoms with Gasteiger partial charge >= 0.3 is 12.0 Å². The summed E-state index contributed by atoms with van der Waals surface area (Å²) in [5.41, 5.74) is 0. The lowest BCUT2D eigenvalue weighted by Gasteiger charge is -2.41. The predicted octanol–water partition coefficient (Wildman–Crippen LogP) is 0.889. The molecule has 0 spiro atoms. The second kappa shape index (κ2) is 5.36.